The van der Waals surface area contributed by atoms with Gasteiger partial charge in [0, 0.05) is 59.0 Å². The summed E-state index contributed by atoms with van der Waals surface area (Å²) in [4.78, 5) is 48.8. The van der Waals surface area contributed by atoms with Gasteiger partial charge < -0.3 is 33.9 Å². The average molecular weight is 574 g/mol. The van der Waals surface area contributed by atoms with Crippen LogP contribution in [0.15, 0.2) is 18.2 Å². The number of para-hydroxylation sites is 1. The van der Waals surface area contributed by atoms with Gasteiger partial charge in [-0.2, -0.15) is 0 Å². The summed E-state index contributed by atoms with van der Waals surface area (Å²) >= 11 is 0. The standard InChI is InChI=1S/C29H43N5O6.CH4/c1-20(2)19-34(22-16-21(17-30-18-22)27(35)32-11-14-40-15-12-32)28(36)26-31-24-9-7-8-23(29(37)39-4)25(24)33(26)10-5-6-13-38-3;/h7-9,20-22,30H,5-6,10-19H2,1-4H3;1H4/t21-,22+;/m1./s1. The monoisotopic (exact) mass is 573 g/mol. The van der Waals surface area contributed by atoms with Crippen molar-refractivity contribution in [2.45, 2.75) is 53.1 Å². The molecule has 2 fully saturated rings. The summed E-state index contributed by atoms with van der Waals surface area (Å²) < 4.78 is 17.5. The average Bonchev–Trinajstić information content (AvgIpc) is 3.36. The Morgan fingerprint density at radius 1 is 1.15 bits per heavy atom. The number of nitrogens with one attached hydrogen (secondary N) is 1. The Kier molecular flexibility index (Phi) is 12.1. The van der Waals surface area contributed by atoms with Crippen LogP contribution in [0.4, 0.5) is 0 Å². The lowest BCUT2D eigenvalue weighted by molar-refractivity contribution is -0.140. The number of carbonyl (C=O) groups is 3. The lowest BCUT2D eigenvalue weighted by atomic mass is 9.92. The van der Waals surface area contributed by atoms with Crippen LogP contribution in [0, 0.1) is 11.8 Å². The summed E-state index contributed by atoms with van der Waals surface area (Å²) in [6.07, 6.45) is 2.14. The minimum absolute atomic E-state index is 0. The van der Waals surface area contributed by atoms with Crippen molar-refractivity contribution in [3.05, 3.63) is 29.6 Å². The van der Waals surface area contributed by atoms with Crippen molar-refractivity contribution in [1.82, 2.24) is 24.7 Å². The maximum Gasteiger partial charge on any atom is 0.340 e. The molecule has 0 spiro atoms. The van der Waals surface area contributed by atoms with E-state index >= 15 is 0 Å². The van der Waals surface area contributed by atoms with Crippen LogP contribution >= 0.6 is 0 Å². The molecule has 1 aromatic heterocycles. The molecule has 2 atom stereocenters. The fourth-order valence-electron chi connectivity index (χ4n) is 5.66. The van der Waals surface area contributed by atoms with E-state index in [1.165, 1.54) is 7.11 Å². The zero-order valence-electron chi connectivity index (χ0n) is 24.2. The lowest BCUT2D eigenvalue weighted by Gasteiger charge is -2.40. The van der Waals surface area contributed by atoms with E-state index in [-0.39, 0.29) is 37.1 Å². The molecule has 2 aliphatic rings. The molecule has 11 nitrogen and oxygen atoms in total. The van der Waals surface area contributed by atoms with Crippen molar-refractivity contribution in [3.63, 3.8) is 0 Å². The second-order valence-corrected chi connectivity index (χ2v) is 11.0. The molecule has 0 bridgehead atoms. The van der Waals surface area contributed by atoms with Crippen LogP contribution in [0.1, 0.15) is 61.5 Å². The number of fused-ring (bicyclic) bond motifs is 1. The van der Waals surface area contributed by atoms with Crippen molar-refractivity contribution in [2.24, 2.45) is 11.8 Å². The van der Waals surface area contributed by atoms with E-state index in [9.17, 15) is 14.4 Å². The summed E-state index contributed by atoms with van der Waals surface area (Å²) in [6, 6.07) is 5.11. The first-order valence-corrected chi connectivity index (χ1v) is 14.3. The van der Waals surface area contributed by atoms with Crippen molar-refractivity contribution >= 4 is 28.8 Å². The van der Waals surface area contributed by atoms with Crippen LogP contribution in [0.3, 0.4) is 0 Å². The van der Waals surface area contributed by atoms with Crippen LogP contribution in [0.5, 0.6) is 0 Å². The number of piperidine rings is 1. The number of esters is 1. The number of unbranched alkanes of at least 4 members (excludes halogenated alkanes) is 1. The first-order valence-electron chi connectivity index (χ1n) is 14.3. The molecule has 0 radical (unpaired) electrons. The Balaban J connectivity index is 0.00000462. The first-order chi connectivity index (χ1) is 19.3. The van der Waals surface area contributed by atoms with Crippen LogP contribution in [0.25, 0.3) is 11.0 Å². The number of rotatable bonds is 11. The summed E-state index contributed by atoms with van der Waals surface area (Å²) in [7, 11) is 3.01. The van der Waals surface area contributed by atoms with Gasteiger partial charge in [0.1, 0.15) is 0 Å². The Morgan fingerprint density at radius 3 is 2.59 bits per heavy atom. The molecular formula is C30H47N5O6. The number of benzene rings is 1. The molecular weight excluding hydrogens is 526 g/mol. The Morgan fingerprint density at radius 2 is 1.90 bits per heavy atom. The molecule has 3 heterocycles. The Hall–Kier alpha value is -3.02. The third kappa shape index (κ3) is 7.64. The predicted octanol–water partition coefficient (Wildman–Crippen LogP) is 2.82. The van der Waals surface area contributed by atoms with Gasteiger partial charge >= 0.3 is 5.97 Å². The van der Waals surface area contributed by atoms with E-state index < -0.39 is 5.97 Å². The van der Waals surface area contributed by atoms with Gasteiger partial charge in [0.25, 0.3) is 5.91 Å². The van der Waals surface area contributed by atoms with Crippen molar-refractivity contribution < 1.29 is 28.6 Å². The van der Waals surface area contributed by atoms with E-state index in [0.29, 0.717) is 87.9 Å². The molecule has 41 heavy (non-hydrogen) atoms. The third-order valence-electron chi connectivity index (χ3n) is 7.61. The molecule has 228 valence electrons. The van der Waals surface area contributed by atoms with Gasteiger partial charge in [-0.25, -0.2) is 9.78 Å². The molecule has 2 amide bonds. The fraction of sp³-hybridized carbons (Fsp3) is 0.667. The molecule has 0 unspecified atom stereocenters. The number of hydrogen-bond donors (Lipinski definition) is 1. The van der Waals surface area contributed by atoms with E-state index in [2.05, 4.69) is 19.2 Å². The molecule has 1 aromatic carbocycles. The van der Waals surface area contributed by atoms with Gasteiger partial charge in [0.2, 0.25) is 5.91 Å². The van der Waals surface area contributed by atoms with Crippen LogP contribution in [-0.2, 0) is 25.5 Å². The van der Waals surface area contributed by atoms with Crippen LogP contribution in [0.2, 0.25) is 0 Å². The quantitative estimate of drug-likeness (QED) is 0.322. The van der Waals surface area contributed by atoms with Crippen LogP contribution < -0.4 is 5.32 Å². The third-order valence-corrected chi connectivity index (χ3v) is 7.61. The highest BCUT2D eigenvalue weighted by Crippen LogP contribution is 2.26. The zero-order chi connectivity index (χ0) is 28.6. The maximum absolute atomic E-state index is 14.3. The number of amides is 2. The van der Waals surface area contributed by atoms with Gasteiger partial charge in [-0.15, -0.1) is 0 Å². The SMILES string of the molecule is C.COCCCCn1c(C(=O)N(CC(C)C)[C@@H]2CNC[C@H](C(=O)N3CCOCC3)C2)nc2cccc(C(=O)OC)c21. The number of imidazole rings is 1. The number of aryl methyl sites for hydroxylation is 1. The molecule has 0 aliphatic carbocycles. The summed E-state index contributed by atoms with van der Waals surface area (Å²) in [6.45, 7) is 9.31. The number of methoxy groups -OCH3 is 2. The van der Waals surface area contributed by atoms with Gasteiger partial charge in [0.15, 0.2) is 5.82 Å². The second kappa shape index (κ2) is 15.3. The van der Waals surface area contributed by atoms with Crippen molar-refractivity contribution in [3.8, 4) is 0 Å². The van der Waals surface area contributed by atoms with E-state index in [1.807, 2.05) is 20.4 Å². The number of aromatic nitrogens is 2. The lowest BCUT2D eigenvalue weighted by Crippen LogP contribution is -2.56. The summed E-state index contributed by atoms with van der Waals surface area (Å²) in [5.41, 5.74) is 1.55. The molecule has 0 saturated carbocycles. The summed E-state index contributed by atoms with van der Waals surface area (Å²) in [5.74, 6) is -0.250. The van der Waals surface area contributed by atoms with Gasteiger partial charge in [0.05, 0.1) is 42.8 Å². The normalized spacial score (nSPS) is 19.2. The maximum atomic E-state index is 14.3. The largest absolute Gasteiger partial charge is 0.465 e. The first kappa shape index (κ1) is 32.5. The van der Waals surface area contributed by atoms with Crippen molar-refractivity contribution in [1.29, 1.82) is 0 Å². The smallest absolute Gasteiger partial charge is 0.340 e. The van der Waals surface area contributed by atoms with Gasteiger partial charge in [-0.05, 0) is 37.3 Å². The van der Waals surface area contributed by atoms with E-state index in [4.69, 9.17) is 19.2 Å². The highest BCUT2D eigenvalue weighted by molar-refractivity contribution is 6.04. The highest BCUT2D eigenvalue weighted by atomic mass is 16.5. The summed E-state index contributed by atoms with van der Waals surface area (Å²) in [5, 5.41) is 3.41. The molecule has 11 heteroatoms. The van der Waals surface area contributed by atoms with Gasteiger partial charge in [-0.3, -0.25) is 9.59 Å². The minimum Gasteiger partial charge on any atom is -0.465 e. The fourth-order valence-corrected chi connectivity index (χ4v) is 5.66. The number of nitrogens with zero attached hydrogens (tertiary/aromatic N) is 4. The topological polar surface area (TPSA) is 115 Å². The minimum atomic E-state index is -0.470. The number of ether oxygens (including phenoxy) is 3. The van der Waals surface area contributed by atoms with Crippen LogP contribution in [-0.4, -0.2) is 110 Å². The highest BCUT2D eigenvalue weighted by Gasteiger charge is 2.37. The number of morpholine rings is 1. The van der Waals surface area contributed by atoms with E-state index in [1.54, 1.807) is 19.2 Å². The zero-order valence-corrected chi connectivity index (χ0v) is 24.2. The number of hydrogen-bond acceptors (Lipinski definition) is 8. The molecule has 4 rings (SSSR count). The Labute approximate surface area is 243 Å². The molecule has 2 aromatic rings. The van der Waals surface area contributed by atoms with Crippen molar-refractivity contribution in [2.75, 3.05) is 66.8 Å². The molecule has 1 N–H and O–H groups in total. The Bertz CT molecular complexity index is 1180. The molecule has 2 aliphatic heterocycles. The predicted molar refractivity (Wildman–Crippen MR) is 157 cm³/mol. The van der Waals surface area contributed by atoms with E-state index in [0.717, 1.165) is 12.8 Å². The molecule has 2 saturated heterocycles. The second-order valence-electron chi connectivity index (χ2n) is 11.0. The number of carbonyl (C=O) groups excluding carboxylic acids is 3. The van der Waals surface area contributed by atoms with Gasteiger partial charge in [-0.1, -0.05) is 27.3 Å².